The number of hydrogen-bond donors (Lipinski definition) is 1. The van der Waals surface area contributed by atoms with Crippen LogP contribution in [0, 0.1) is 4.77 Å². The minimum Gasteiger partial charge on any atom is -1.00 e. The van der Waals surface area contributed by atoms with Gasteiger partial charge in [0.15, 0.2) is 0 Å². The van der Waals surface area contributed by atoms with E-state index >= 15 is 0 Å². The quantitative estimate of drug-likeness (QED) is 0.277. The first-order valence-corrected chi connectivity index (χ1v) is 2.80. The van der Waals surface area contributed by atoms with Crippen LogP contribution in [0.3, 0.4) is 0 Å². The van der Waals surface area contributed by atoms with Gasteiger partial charge in [-0.2, -0.15) is 5.21 Å². The number of carbonyl (C=O) groups is 1. The number of nitrogens with one attached hydrogen (secondary N) is 1. The largest absolute Gasteiger partial charge is 1.00 e. The van der Waals surface area contributed by atoms with E-state index in [0.29, 0.717) is 0 Å². The number of nitrogens with zero attached hydrogens (tertiary/aromatic N) is 3. The average molecular weight is 184 g/mol. The molecule has 0 bridgehead atoms. The van der Waals surface area contributed by atoms with Gasteiger partial charge in [0.25, 0.3) is 4.77 Å². The van der Waals surface area contributed by atoms with Crippen LogP contribution in [0.2, 0.25) is 0 Å². The van der Waals surface area contributed by atoms with Crippen molar-refractivity contribution in [1.82, 2.24) is 20.4 Å². The number of aromatic nitrogens is 4. The van der Waals surface area contributed by atoms with Gasteiger partial charge in [-0.1, -0.05) is 9.94 Å². The van der Waals surface area contributed by atoms with Crippen molar-refractivity contribution in [3.63, 3.8) is 0 Å². The molecule has 0 amide bonds. The Labute approximate surface area is 90.6 Å². The molecule has 1 aromatic heterocycles. The third kappa shape index (κ3) is 3.10. The molecule has 1 heterocycles. The van der Waals surface area contributed by atoms with Crippen LogP contribution < -0.4 is 34.4 Å². The maximum Gasteiger partial charge on any atom is 1.00 e. The summed E-state index contributed by atoms with van der Waals surface area (Å²) in [4.78, 5) is 15.7. The van der Waals surface area contributed by atoms with Gasteiger partial charge in [0.05, 0.1) is 0 Å². The van der Waals surface area contributed by atoms with Gasteiger partial charge < -0.3 is 6.26 Å². The van der Waals surface area contributed by atoms with Crippen molar-refractivity contribution < 1.29 is 40.6 Å². The molecule has 0 saturated heterocycles. The summed E-state index contributed by atoms with van der Waals surface area (Å²) < 4.78 is 0.0789. The Bertz CT molecular complexity index is 298. The van der Waals surface area contributed by atoms with Crippen LogP contribution >= 0.6 is 12.2 Å². The molecule has 0 aromatic carbocycles. The predicted molar refractivity (Wildman–Crippen MR) is 33.6 cm³/mol. The van der Waals surface area contributed by atoms with E-state index < -0.39 is 5.97 Å². The molecule has 1 rings (SSSR count). The van der Waals surface area contributed by atoms with E-state index in [1.54, 1.807) is 0 Å². The molecule has 0 saturated carbocycles. The van der Waals surface area contributed by atoms with E-state index in [2.05, 4.69) is 32.6 Å². The van der Waals surface area contributed by atoms with Gasteiger partial charge in [0.2, 0.25) is 0 Å². The number of H-pyrrole nitrogens is 1. The molecule has 0 aliphatic heterocycles. The molecular formula is C3H5N4NaO2S. The molecule has 56 valence electrons. The Kier molecular flexibility index (Phi) is 4.50. The molecule has 1 aromatic rings. The molecule has 0 aliphatic carbocycles. The normalized spacial score (nSPS) is 8.45. The van der Waals surface area contributed by atoms with Crippen LogP contribution in [0.1, 0.15) is 8.35 Å². The average Bonchev–Trinajstić information content (AvgIpc) is 2.15. The van der Waals surface area contributed by atoms with Crippen LogP contribution in [-0.4, -0.2) is 26.3 Å². The molecular weight excluding hydrogens is 179 g/mol. The molecule has 0 radical (unpaired) electrons. The second kappa shape index (κ2) is 4.60. The van der Waals surface area contributed by atoms with E-state index in [9.17, 15) is 4.79 Å². The number of rotatable bonds is 1. The maximum atomic E-state index is 10.3. The Morgan fingerprint density at radius 2 is 2.55 bits per heavy atom. The van der Waals surface area contributed by atoms with Crippen molar-refractivity contribution in [2.75, 3.05) is 0 Å². The minimum atomic E-state index is -0.484. The van der Waals surface area contributed by atoms with Crippen LogP contribution in [0.5, 0.6) is 0 Å². The number of hydrogen-bond acceptors (Lipinski definition) is 5. The van der Waals surface area contributed by atoms with Crippen LogP contribution in [-0.2, 0) is 4.79 Å². The van der Waals surface area contributed by atoms with Gasteiger partial charge in [-0.15, -0.1) is 0 Å². The van der Waals surface area contributed by atoms with Gasteiger partial charge in [0, 0.05) is 6.92 Å². The topological polar surface area (TPSA) is 72.8 Å². The van der Waals surface area contributed by atoms with E-state index in [0.717, 1.165) is 4.85 Å². The SMILES string of the molecule is CC(=O)On1[nH]nnc1=S.[H-].[Na+]. The number of aromatic amines is 1. The van der Waals surface area contributed by atoms with Crippen molar-refractivity contribution >= 4 is 18.2 Å². The zero-order valence-electron chi connectivity index (χ0n) is 7.07. The fourth-order valence-corrected chi connectivity index (χ4v) is 0.496. The smallest absolute Gasteiger partial charge is 1.00 e. The summed E-state index contributed by atoms with van der Waals surface area (Å²) in [6.45, 7) is 1.25. The summed E-state index contributed by atoms with van der Waals surface area (Å²) in [5.74, 6) is -0.484. The molecule has 0 aliphatic rings. The van der Waals surface area contributed by atoms with E-state index in [4.69, 9.17) is 0 Å². The molecule has 0 fully saturated rings. The van der Waals surface area contributed by atoms with Crippen molar-refractivity contribution in [2.45, 2.75) is 6.92 Å². The summed E-state index contributed by atoms with van der Waals surface area (Å²) in [6, 6.07) is 0. The van der Waals surface area contributed by atoms with Gasteiger partial charge in [0.1, 0.15) is 0 Å². The Hall–Kier alpha value is -0.240. The monoisotopic (exact) mass is 184 g/mol. The van der Waals surface area contributed by atoms with Crippen molar-refractivity contribution in [3.8, 4) is 0 Å². The van der Waals surface area contributed by atoms with Crippen LogP contribution in [0.25, 0.3) is 0 Å². The molecule has 0 atom stereocenters. The third-order valence-electron chi connectivity index (χ3n) is 0.665. The van der Waals surface area contributed by atoms with E-state index in [1.165, 1.54) is 6.92 Å². The molecule has 8 heteroatoms. The van der Waals surface area contributed by atoms with Gasteiger partial charge in [-0.3, -0.25) is 0 Å². The fourth-order valence-electron chi connectivity index (χ4n) is 0.377. The van der Waals surface area contributed by atoms with E-state index in [1.807, 2.05) is 0 Å². The maximum absolute atomic E-state index is 10.3. The standard InChI is InChI=1S/C3H4N4O2S.Na.H/c1-2(8)9-7-3(10)4-5-6-7;;/h1H3,(H,4,6,10);;/q;+1;-1. The summed E-state index contributed by atoms with van der Waals surface area (Å²) in [6.07, 6.45) is 0. The second-order valence-electron chi connectivity index (χ2n) is 1.46. The van der Waals surface area contributed by atoms with Crippen molar-refractivity contribution in [2.24, 2.45) is 0 Å². The zero-order valence-corrected chi connectivity index (χ0v) is 8.88. The van der Waals surface area contributed by atoms with Crippen LogP contribution in [0.4, 0.5) is 0 Å². The Morgan fingerprint density at radius 3 is 2.91 bits per heavy atom. The molecule has 6 nitrogen and oxygen atoms in total. The first-order chi connectivity index (χ1) is 4.70. The first-order valence-electron chi connectivity index (χ1n) is 2.39. The summed E-state index contributed by atoms with van der Waals surface area (Å²) in [5, 5.41) is 8.89. The van der Waals surface area contributed by atoms with Crippen LogP contribution in [0.15, 0.2) is 0 Å². The Balaban J connectivity index is 0. The zero-order chi connectivity index (χ0) is 7.56. The number of carbonyl (C=O) groups excluding carboxylic acids is 1. The minimum absolute atomic E-state index is 0. The molecule has 1 N–H and O–H groups in total. The summed E-state index contributed by atoms with van der Waals surface area (Å²) in [5.41, 5.74) is 0. The molecule has 0 unspecified atom stereocenters. The van der Waals surface area contributed by atoms with Crippen molar-refractivity contribution in [3.05, 3.63) is 4.77 Å². The summed E-state index contributed by atoms with van der Waals surface area (Å²) >= 11 is 4.58. The van der Waals surface area contributed by atoms with Gasteiger partial charge in [-0.25, -0.2) is 4.79 Å². The first kappa shape index (κ1) is 10.8. The third-order valence-corrected chi connectivity index (χ3v) is 0.912. The van der Waals surface area contributed by atoms with Gasteiger partial charge in [-0.05, 0) is 17.4 Å². The second-order valence-corrected chi connectivity index (χ2v) is 1.82. The Morgan fingerprint density at radius 1 is 1.91 bits per heavy atom. The molecule has 0 spiro atoms. The predicted octanol–water partition coefficient (Wildman–Crippen LogP) is -3.57. The van der Waals surface area contributed by atoms with Crippen molar-refractivity contribution in [1.29, 1.82) is 0 Å². The molecule has 11 heavy (non-hydrogen) atoms. The summed E-state index contributed by atoms with van der Waals surface area (Å²) in [7, 11) is 0. The number of tetrazole rings is 1. The fraction of sp³-hybridized carbons (Fsp3) is 0.333. The van der Waals surface area contributed by atoms with E-state index in [-0.39, 0.29) is 35.8 Å². The van der Waals surface area contributed by atoms with Gasteiger partial charge >= 0.3 is 35.5 Å².